The predicted molar refractivity (Wildman–Crippen MR) is 110 cm³/mol. The summed E-state index contributed by atoms with van der Waals surface area (Å²) >= 11 is 0. The Morgan fingerprint density at radius 2 is 1.83 bits per heavy atom. The fraction of sp³-hybridized carbons (Fsp3) is 0.417. The van der Waals surface area contributed by atoms with Crippen LogP contribution in [0, 0.1) is 11.3 Å². The molecule has 1 aromatic rings. The van der Waals surface area contributed by atoms with Crippen LogP contribution < -0.4 is 5.32 Å². The van der Waals surface area contributed by atoms with Gasteiger partial charge in [-0.15, -0.1) is 0 Å². The van der Waals surface area contributed by atoms with Crippen molar-refractivity contribution in [2.24, 2.45) is 11.3 Å². The molecule has 1 saturated carbocycles. The summed E-state index contributed by atoms with van der Waals surface area (Å²) in [4.78, 5) is 49.6. The van der Waals surface area contributed by atoms with Crippen molar-refractivity contribution in [1.82, 2.24) is 5.32 Å². The van der Waals surface area contributed by atoms with Crippen LogP contribution >= 0.6 is 0 Å². The topological polar surface area (TPSA) is 80.3 Å². The van der Waals surface area contributed by atoms with Gasteiger partial charge in [0.2, 0.25) is 5.91 Å². The summed E-state index contributed by atoms with van der Waals surface area (Å²) in [6.07, 6.45) is 6.94. The molecule has 0 saturated heterocycles. The number of ketones is 3. The van der Waals surface area contributed by atoms with Gasteiger partial charge in [-0.25, -0.2) is 0 Å². The maximum atomic E-state index is 13.0. The molecule has 2 aliphatic rings. The maximum absolute atomic E-state index is 13.0. The van der Waals surface area contributed by atoms with Gasteiger partial charge in [-0.05, 0) is 37.8 Å². The predicted octanol–water partition coefficient (Wildman–Crippen LogP) is 3.13. The Bertz CT molecular complexity index is 877. The molecule has 1 N–H and O–H groups in total. The molecule has 0 heterocycles. The average molecular weight is 393 g/mol. The van der Waals surface area contributed by atoms with E-state index in [2.05, 4.69) is 5.32 Å². The highest BCUT2D eigenvalue weighted by Gasteiger charge is 2.47. The van der Waals surface area contributed by atoms with Crippen LogP contribution in [-0.4, -0.2) is 29.3 Å². The van der Waals surface area contributed by atoms with E-state index >= 15 is 0 Å². The Morgan fingerprint density at radius 3 is 2.45 bits per heavy atom. The van der Waals surface area contributed by atoms with Gasteiger partial charge in [0.15, 0.2) is 11.6 Å². The van der Waals surface area contributed by atoms with Crippen molar-refractivity contribution in [2.75, 3.05) is 0 Å². The van der Waals surface area contributed by atoms with E-state index in [1.165, 1.54) is 12.2 Å². The molecule has 1 amide bonds. The van der Waals surface area contributed by atoms with Crippen LogP contribution in [-0.2, 0) is 25.6 Å². The van der Waals surface area contributed by atoms with Crippen LogP contribution in [0.25, 0.3) is 0 Å². The van der Waals surface area contributed by atoms with Gasteiger partial charge in [0, 0.05) is 29.7 Å². The molecule has 29 heavy (non-hydrogen) atoms. The number of nitrogens with one attached hydrogen (secondary N) is 1. The van der Waals surface area contributed by atoms with Crippen LogP contribution in [0.5, 0.6) is 0 Å². The molecule has 0 spiro atoms. The molecule has 0 bridgehead atoms. The third kappa shape index (κ3) is 5.37. The highest BCUT2D eigenvalue weighted by Crippen LogP contribution is 2.48. The van der Waals surface area contributed by atoms with Gasteiger partial charge in [0.05, 0.1) is 6.04 Å². The van der Waals surface area contributed by atoms with Gasteiger partial charge in [-0.2, -0.15) is 0 Å². The smallest absolute Gasteiger partial charge is 0.248 e. The molecule has 5 nitrogen and oxygen atoms in total. The molecule has 2 aliphatic carbocycles. The van der Waals surface area contributed by atoms with Crippen molar-refractivity contribution in [2.45, 2.75) is 52.0 Å². The van der Waals surface area contributed by atoms with Crippen LogP contribution in [0.3, 0.4) is 0 Å². The van der Waals surface area contributed by atoms with E-state index in [0.29, 0.717) is 12.0 Å². The summed E-state index contributed by atoms with van der Waals surface area (Å²) in [5.74, 6) is -0.976. The van der Waals surface area contributed by atoms with Gasteiger partial charge in [0.25, 0.3) is 0 Å². The van der Waals surface area contributed by atoms with Crippen molar-refractivity contribution in [1.29, 1.82) is 0 Å². The van der Waals surface area contributed by atoms with Gasteiger partial charge >= 0.3 is 0 Å². The van der Waals surface area contributed by atoms with E-state index in [9.17, 15) is 19.2 Å². The molecular weight excluding hydrogens is 366 g/mol. The Hall–Kier alpha value is -2.82. The molecule has 1 aromatic carbocycles. The zero-order valence-corrected chi connectivity index (χ0v) is 16.9. The Labute approximate surface area is 171 Å². The zero-order valence-electron chi connectivity index (χ0n) is 16.9. The number of rotatable bonds is 9. The molecule has 0 aliphatic heterocycles. The van der Waals surface area contributed by atoms with E-state index in [1.807, 2.05) is 37.3 Å². The fourth-order valence-electron chi connectivity index (χ4n) is 3.61. The van der Waals surface area contributed by atoms with Gasteiger partial charge in [-0.3, -0.25) is 19.2 Å². The molecule has 3 rings (SSSR count). The first kappa shape index (κ1) is 20.9. The number of amides is 1. The SMILES string of the molecule is C[C@H](NC(=O)C1=CC=CC(=O)C1)C(=O)C[C@@H](Cc1ccccc1)C(=O)C1(C)CC1. The highest BCUT2D eigenvalue weighted by atomic mass is 16.2. The molecule has 0 radical (unpaired) electrons. The van der Waals surface area contributed by atoms with Crippen LogP contribution in [0.1, 0.15) is 45.1 Å². The van der Waals surface area contributed by atoms with Crippen LogP contribution in [0.15, 0.2) is 54.1 Å². The van der Waals surface area contributed by atoms with Crippen molar-refractivity contribution < 1.29 is 19.2 Å². The summed E-state index contributed by atoms with van der Waals surface area (Å²) in [6.45, 7) is 3.59. The summed E-state index contributed by atoms with van der Waals surface area (Å²) in [7, 11) is 0. The molecule has 152 valence electrons. The second-order valence-electron chi connectivity index (χ2n) is 8.37. The number of hydrogen-bond acceptors (Lipinski definition) is 4. The van der Waals surface area contributed by atoms with Gasteiger partial charge in [-0.1, -0.05) is 49.4 Å². The lowest BCUT2D eigenvalue weighted by molar-refractivity contribution is -0.132. The Kier molecular flexibility index (Phi) is 6.26. The lowest BCUT2D eigenvalue weighted by atomic mass is 9.83. The first-order valence-electron chi connectivity index (χ1n) is 10.1. The lowest BCUT2D eigenvalue weighted by Crippen LogP contribution is -2.41. The second kappa shape index (κ2) is 8.68. The first-order valence-corrected chi connectivity index (χ1v) is 10.1. The fourth-order valence-corrected chi connectivity index (χ4v) is 3.61. The molecule has 5 heteroatoms. The molecule has 2 atom stereocenters. The number of carbonyl (C=O) groups excluding carboxylic acids is 4. The summed E-state index contributed by atoms with van der Waals surface area (Å²) in [5.41, 5.74) is 1.06. The number of carbonyl (C=O) groups is 4. The largest absolute Gasteiger partial charge is 0.343 e. The summed E-state index contributed by atoms with van der Waals surface area (Å²) in [5, 5.41) is 2.68. The van der Waals surface area contributed by atoms with Gasteiger partial charge < -0.3 is 5.32 Å². The quantitative estimate of drug-likeness (QED) is 0.699. The van der Waals surface area contributed by atoms with Crippen molar-refractivity contribution in [3.05, 3.63) is 59.7 Å². The minimum absolute atomic E-state index is 0.0384. The van der Waals surface area contributed by atoms with Crippen molar-refractivity contribution >= 4 is 23.3 Å². The zero-order chi connectivity index (χ0) is 21.0. The van der Waals surface area contributed by atoms with E-state index in [-0.39, 0.29) is 35.6 Å². The summed E-state index contributed by atoms with van der Waals surface area (Å²) < 4.78 is 0. The van der Waals surface area contributed by atoms with E-state index in [4.69, 9.17) is 0 Å². The summed E-state index contributed by atoms with van der Waals surface area (Å²) in [6, 6.07) is 8.98. The standard InChI is InChI=1S/C24H27NO4/c1-16(25-23(29)18-9-6-10-20(26)14-18)21(27)15-19(22(28)24(2)11-12-24)13-17-7-4-3-5-8-17/h3-10,16,19H,11-15H2,1-2H3,(H,25,29)/t16-,19+/m0/s1. The first-order chi connectivity index (χ1) is 13.8. The number of hydrogen-bond donors (Lipinski definition) is 1. The van der Waals surface area contributed by atoms with Crippen LogP contribution in [0.2, 0.25) is 0 Å². The number of allylic oxidation sites excluding steroid dienone is 3. The van der Waals surface area contributed by atoms with Crippen molar-refractivity contribution in [3.63, 3.8) is 0 Å². The molecule has 1 fully saturated rings. The molecule has 0 unspecified atom stereocenters. The Balaban J connectivity index is 1.64. The minimum Gasteiger partial charge on any atom is -0.343 e. The van der Waals surface area contributed by atoms with E-state index < -0.39 is 17.9 Å². The normalized spacial score (nSPS) is 19.1. The Morgan fingerprint density at radius 1 is 1.14 bits per heavy atom. The number of Topliss-reactive ketones (excluding diaryl/α,β-unsaturated/α-hetero) is 2. The minimum atomic E-state index is -0.720. The molecule has 0 aromatic heterocycles. The monoisotopic (exact) mass is 393 g/mol. The third-order valence-corrected chi connectivity index (χ3v) is 5.80. The second-order valence-corrected chi connectivity index (χ2v) is 8.37. The van der Waals surface area contributed by atoms with Gasteiger partial charge in [0.1, 0.15) is 5.78 Å². The average Bonchev–Trinajstić information content (AvgIpc) is 3.46. The highest BCUT2D eigenvalue weighted by molar-refractivity contribution is 6.05. The molecular formula is C24H27NO4. The van der Waals surface area contributed by atoms with E-state index in [1.54, 1.807) is 13.0 Å². The van der Waals surface area contributed by atoms with E-state index in [0.717, 1.165) is 18.4 Å². The lowest BCUT2D eigenvalue weighted by Gasteiger charge is -2.21. The number of benzene rings is 1. The third-order valence-electron chi connectivity index (χ3n) is 5.80. The van der Waals surface area contributed by atoms with Crippen molar-refractivity contribution in [3.8, 4) is 0 Å². The maximum Gasteiger partial charge on any atom is 0.248 e. The van der Waals surface area contributed by atoms with Crippen LogP contribution in [0.4, 0.5) is 0 Å².